The molecule has 0 heterocycles. The Bertz CT molecular complexity index is 326. The summed E-state index contributed by atoms with van der Waals surface area (Å²) in [5, 5.41) is 2.64. The minimum absolute atomic E-state index is 0.142. The highest BCUT2D eigenvalue weighted by atomic mass is 16.2. The minimum atomic E-state index is -0.714. The molecule has 1 aliphatic carbocycles. The number of primary amides is 1. The maximum Gasteiger partial charge on any atom is 0.240 e. The van der Waals surface area contributed by atoms with Crippen LogP contribution in [0.1, 0.15) is 39.5 Å². The average Bonchev–Trinajstić information content (AvgIpc) is 2.24. The van der Waals surface area contributed by atoms with Crippen molar-refractivity contribution in [2.24, 2.45) is 17.6 Å². The van der Waals surface area contributed by atoms with Crippen molar-refractivity contribution in [3.63, 3.8) is 0 Å². The van der Waals surface area contributed by atoms with Gasteiger partial charge >= 0.3 is 0 Å². The Kier molecular flexibility index (Phi) is 4.66. The third-order valence-corrected chi connectivity index (χ3v) is 3.12. The molecule has 1 fully saturated rings. The van der Waals surface area contributed by atoms with Crippen LogP contribution in [-0.4, -0.2) is 23.6 Å². The van der Waals surface area contributed by atoms with Gasteiger partial charge in [0.05, 0.1) is 0 Å². The summed E-state index contributed by atoms with van der Waals surface area (Å²) < 4.78 is 0. The van der Waals surface area contributed by atoms with E-state index in [4.69, 9.17) is 5.73 Å². The second-order valence-corrected chi connectivity index (χ2v) is 4.94. The molecule has 0 aliphatic heterocycles. The summed E-state index contributed by atoms with van der Waals surface area (Å²) in [6.45, 7) is 3.50. The van der Waals surface area contributed by atoms with Crippen LogP contribution in [0.15, 0.2) is 0 Å². The van der Waals surface area contributed by atoms with Gasteiger partial charge in [-0.1, -0.05) is 13.8 Å². The summed E-state index contributed by atoms with van der Waals surface area (Å²) in [7, 11) is 0. The first-order valence-electron chi connectivity index (χ1n) is 6.03. The largest absolute Gasteiger partial charge is 0.368 e. The van der Waals surface area contributed by atoms with Gasteiger partial charge < -0.3 is 11.1 Å². The molecule has 17 heavy (non-hydrogen) atoms. The van der Waals surface area contributed by atoms with Crippen LogP contribution in [0.3, 0.4) is 0 Å². The van der Waals surface area contributed by atoms with Gasteiger partial charge in [0.15, 0.2) is 0 Å². The molecule has 96 valence electrons. The first-order valence-corrected chi connectivity index (χ1v) is 6.03. The molecule has 3 N–H and O–H groups in total. The molecule has 1 rings (SSSR count). The molecule has 2 amide bonds. The van der Waals surface area contributed by atoms with Crippen molar-refractivity contribution in [3.8, 4) is 0 Å². The molecule has 5 heteroatoms. The lowest BCUT2D eigenvalue weighted by atomic mass is 9.82. The van der Waals surface area contributed by atoms with E-state index in [1.165, 1.54) is 0 Å². The Labute approximate surface area is 101 Å². The topological polar surface area (TPSA) is 89.3 Å². The van der Waals surface area contributed by atoms with E-state index >= 15 is 0 Å². The third kappa shape index (κ3) is 3.84. The second-order valence-electron chi connectivity index (χ2n) is 4.94. The van der Waals surface area contributed by atoms with Crippen LogP contribution < -0.4 is 11.1 Å². The molecule has 0 unspecified atom stereocenters. The van der Waals surface area contributed by atoms with Gasteiger partial charge in [-0.15, -0.1) is 0 Å². The summed E-state index contributed by atoms with van der Waals surface area (Å²) in [6.07, 6.45) is 2.44. The zero-order valence-corrected chi connectivity index (χ0v) is 10.4. The van der Waals surface area contributed by atoms with E-state index < -0.39 is 11.9 Å². The van der Waals surface area contributed by atoms with Gasteiger partial charge in [-0.25, -0.2) is 0 Å². The fourth-order valence-electron chi connectivity index (χ4n) is 2.08. The van der Waals surface area contributed by atoms with Crippen LogP contribution in [-0.2, 0) is 14.4 Å². The minimum Gasteiger partial charge on any atom is -0.368 e. The van der Waals surface area contributed by atoms with Crippen molar-refractivity contribution in [1.82, 2.24) is 5.32 Å². The number of rotatable bonds is 4. The lowest BCUT2D eigenvalue weighted by Gasteiger charge is -2.28. The van der Waals surface area contributed by atoms with Crippen molar-refractivity contribution in [2.45, 2.75) is 45.6 Å². The summed E-state index contributed by atoms with van der Waals surface area (Å²) >= 11 is 0. The van der Waals surface area contributed by atoms with Crippen molar-refractivity contribution >= 4 is 17.6 Å². The summed E-state index contributed by atoms with van der Waals surface area (Å²) in [4.78, 5) is 34.3. The fourth-order valence-corrected chi connectivity index (χ4v) is 2.08. The molecule has 0 aromatic carbocycles. The SMILES string of the molecule is CC(C)C(=O)N[C@H](C(N)=O)[C@H]1CCCC(=O)C1. The Morgan fingerprint density at radius 3 is 2.53 bits per heavy atom. The van der Waals surface area contributed by atoms with Gasteiger partial charge in [-0.2, -0.15) is 0 Å². The van der Waals surface area contributed by atoms with Crippen LogP contribution in [0.4, 0.5) is 0 Å². The molecule has 1 aliphatic rings. The second kappa shape index (κ2) is 5.80. The molecular weight excluding hydrogens is 220 g/mol. The lowest BCUT2D eigenvalue weighted by Crippen LogP contribution is -2.51. The molecule has 0 aromatic heterocycles. The molecule has 0 saturated heterocycles. The van der Waals surface area contributed by atoms with Gasteiger partial charge in [-0.05, 0) is 18.8 Å². The van der Waals surface area contributed by atoms with Crippen LogP contribution in [0, 0.1) is 11.8 Å². The van der Waals surface area contributed by atoms with Crippen molar-refractivity contribution in [2.75, 3.05) is 0 Å². The normalized spacial score (nSPS) is 22.3. The Balaban J connectivity index is 2.68. The van der Waals surface area contributed by atoms with Crippen LogP contribution >= 0.6 is 0 Å². The van der Waals surface area contributed by atoms with E-state index in [0.717, 1.165) is 12.8 Å². The fraction of sp³-hybridized carbons (Fsp3) is 0.750. The van der Waals surface area contributed by atoms with Crippen molar-refractivity contribution in [3.05, 3.63) is 0 Å². The lowest BCUT2D eigenvalue weighted by molar-refractivity contribution is -0.132. The predicted octanol–water partition coefficient (Wildman–Crippen LogP) is 0.372. The van der Waals surface area contributed by atoms with E-state index in [2.05, 4.69) is 5.32 Å². The van der Waals surface area contributed by atoms with E-state index in [-0.39, 0.29) is 23.5 Å². The van der Waals surface area contributed by atoms with Gasteiger partial charge in [0.25, 0.3) is 0 Å². The number of amides is 2. The molecular formula is C12H20N2O3. The summed E-state index contributed by atoms with van der Waals surface area (Å²) in [5.41, 5.74) is 5.30. The molecule has 2 atom stereocenters. The van der Waals surface area contributed by atoms with E-state index in [1.807, 2.05) is 0 Å². The number of carbonyl (C=O) groups is 3. The Morgan fingerprint density at radius 1 is 1.41 bits per heavy atom. The van der Waals surface area contributed by atoms with Gasteiger partial charge in [0.2, 0.25) is 11.8 Å². The van der Waals surface area contributed by atoms with Crippen LogP contribution in [0.5, 0.6) is 0 Å². The highest BCUT2D eigenvalue weighted by Crippen LogP contribution is 2.24. The number of hydrogen-bond donors (Lipinski definition) is 2. The third-order valence-electron chi connectivity index (χ3n) is 3.12. The number of carbonyl (C=O) groups excluding carboxylic acids is 3. The quantitative estimate of drug-likeness (QED) is 0.744. The molecule has 0 spiro atoms. The number of Topliss-reactive ketones (excluding diaryl/α,β-unsaturated/α-hetero) is 1. The highest BCUT2D eigenvalue weighted by molar-refractivity contribution is 5.88. The Hall–Kier alpha value is -1.39. The first-order chi connectivity index (χ1) is 7.91. The summed E-state index contributed by atoms with van der Waals surface area (Å²) in [5.74, 6) is -0.954. The maximum atomic E-state index is 11.6. The van der Waals surface area contributed by atoms with Gasteiger partial charge in [0, 0.05) is 18.8 Å². The Morgan fingerprint density at radius 2 is 2.06 bits per heavy atom. The highest BCUT2D eigenvalue weighted by Gasteiger charge is 2.32. The van der Waals surface area contributed by atoms with Crippen molar-refractivity contribution in [1.29, 1.82) is 0 Å². The summed E-state index contributed by atoms with van der Waals surface area (Å²) in [6, 6.07) is -0.714. The smallest absolute Gasteiger partial charge is 0.240 e. The van der Waals surface area contributed by atoms with Gasteiger partial charge in [0.1, 0.15) is 11.8 Å². The van der Waals surface area contributed by atoms with Gasteiger partial charge in [-0.3, -0.25) is 14.4 Å². The average molecular weight is 240 g/mol. The number of nitrogens with one attached hydrogen (secondary N) is 1. The van der Waals surface area contributed by atoms with E-state index in [9.17, 15) is 14.4 Å². The van der Waals surface area contributed by atoms with Crippen molar-refractivity contribution < 1.29 is 14.4 Å². The number of hydrogen-bond acceptors (Lipinski definition) is 3. The van der Waals surface area contributed by atoms with Crippen LogP contribution in [0.2, 0.25) is 0 Å². The molecule has 5 nitrogen and oxygen atoms in total. The zero-order valence-electron chi connectivity index (χ0n) is 10.4. The zero-order chi connectivity index (χ0) is 13.0. The first kappa shape index (κ1) is 13.7. The molecule has 0 bridgehead atoms. The molecule has 0 radical (unpaired) electrons. The number of ketones is 1. The van der Waals surface area contributed by atoms with Crippen LogP contribution in [0.25, 0.3) is 0 Å². The van der Waals surface area contributed by atoms with E-state index in [1.54, 1.807) is 13.8 Å². The maximum absolute atomic E-state index is 11.6. The molecule has 1 saturated carbocycles. The molecule has 0 aromatic rings. The monoisotopic (exact) mass is 240 g/mol. The predicted molar refractivity (Wildman–Crippen MR) is 62.9 cm³/mol. The van der Waals surface area contributed by atoms with E-state index in [0.29, 0.717) is 12.8 Å². The number of nitrogens with two attached hydrogens (primary N) is 1. The standard InChI is InChI=1S/C12H20N2O3/c1-7(2)12(17)14-10(11(13)16)8-4-3-5-9(15)6-8/h7-8,10H,3-6H2,1-2H3,(H2,13,16)(H,14,17)/t8-,10-/m0/s1.